The van der Waals surface area contributed by atoms with Crippen LogP contribution in [-0.2, 0) is 9.59 Å². The number of aryl methyl sites for hydroxylation is 1. The Morgan fingerprint density at radius 2 is 2.21 bits per heavy atom. The van der Waals surface area contributed by atoms with Gasteiger partial charge in [0.25, 0.3) is 0 Å². The van der Waals surface area contributed by atoms with E-state index in [0.717, 1.165) is 5.69 Å². The van der Waals surface area contributed by atoms with E-state index in [1.54, 1.807) is 11.1 Å². The molecule has 0 saturated carbocycles. The molecule has 1 fully saturated rings. The smallest absolute Gasteiger partial charge is 0.229 e. The molecule has 1 unspecified atom stereocenters. The molecule has 19 heavy (non-hydrogen) atoms. The number of amides is 2. The molecule has 0 radical (unpaired) electrons. The minimum absolute atomic E-state index is 0.0529. The van der Waals surface area contributed by atoms with Crippen LogP contribution in [0.3, 0.4) is 0 Å². The molecule has 1 aromatic rings. The number of carbonyl (C=O) groups excluding carboxylic acids is 2. The predicted molar refractivity (Wildman–Crippen MR) is 72.6 cm³/mol. The van der Waals surface area contributed by atoms with Gasteiger partial charge in [0.2, 0.25) is 11.8 Å². The van der Waals surface area contributed by atoms with Gasteiger partial charge in [0.15, 0.2) is 0 Å². The largest absolute Gasteiger partial charge is 0.339 e. The molecule has 1 aliphatic heterocycles. The Kier molecular flexibility index (Phi) is 3.83. The second-order valence-electron chi connectivity index (χ2n) is 5.22. The van der Waals surface area contributed by atoms with Crippen LogP contribution < -0.4 is 5.32 Å². The molecule has 2 amide bonds. The Hall–Kier alpha value is -1.91. The number of nitrogens with one attached hydrogen (secondary N) is 1. The molecule has 0 aliphatic carbocycles. The highest BCUT2D eigenvalue weighted by atomic mass is 16.2. The zero-order valence-corrected chi connectivity index (χ0v) is 11.5. The lowest BCUT2D eigenvalue weighted by Gasteiger charge is -2.20. The second kappa shape index (κ2) is 5.38. The van der Waals surface area contributed by atoms with Gasteiger partial charge in [-0.2, -0.15) is 0 Å². The standard InChI is InChI=1S/C14H19N3O2/c1-9(2)17-8-11(6-13(17)18)14(19)16-12-5-4-10(3)15-7-12/h4-5,7,9,11H,6,8H2,1-3H3,(H,16,19). The zero-order chi connectivity index (χ0) is 14.0. The number of rotatable bonds is 3. The van der Waals surface area contributed by atoms with Gasteiger partial charge in [-0.1, -0.05) is 0 Å². The fourth-order valence-electron chi connectivity index (χ4n) is 2.19. The first-order valence-electron chi connectivity index (χ1n) is 6.50. The highest BCUT2D eigenvalue weighted by Gasteiger charge is 2.35. The summed E-state index contributed by atoms with van der Waals surface area (Å²) >= 11 is 0. The van der Waals surface area contributed by atoms with Gasteiger partial charge in [0.05, 0.1) is 17.8 Å². The van der Waals surface area contributed by atoms with E-state index >= 15 is 0 Å². The third-order valence-corrected chi connectivity index (χ3v) is 3.33. The maximum absolute atomic E-state index is 12.1. The molecule has 0 bridgehead atoms. The summed E-state index contributed by atoms with van der Waals surface area (Å²) < 4.78 is 0. The number of anilines is 1. The van der Waals surface area contributed by atoms with Gasteiger partial charge in [-0.05, 0) is 32.9 Å². The van der Waals surface area contributed by atoms with Crippen LogP contribution in [0, 0.1) is 12.8 Å². The molecule has 5 heteroatoms. The minimum Gasteiger partial charge on any atom is -0.339 e. The molecular formula is C14H19N3O2. The van der Waals surface area contributed by atoms with Crippen LogP contribution in [0.2, 0.25) is 0 Å². The van der Waals surface area contributed by atoms with E-state index in [2.05, 4.69) is 10.3 Å². The number of nitrogens with zero attached hydrogens (tertiary/aromatic N) is 2. The summed E-state index contributed by atoms with van der Waals surface area (Å²) in [7, 11) is 0. The molecule has 2 heterocycles. The Morgan fingerprint density at radius 3 is 2.74 bits per heavy atom. The van der Waals surface area contributed by atoms with E-state index in [0.29, 0.717) is 18.7 Å². The molecule has 1 N–H and O–H groups in total. The number of aromatic nitrogens is 1. The van der Waals surface area contributed by atoms with Crippen LogP contribution in [0.5, 0.6) is 0 Å². The van der Waals surface area contributed by atoms with Crippen LogP contribution >= 0.6 is 0 Å². The third-order valence-electron chi connectivity index (χ3n) is 3.33. The second-order valence-corrected chi connectivity index (χ2v) is 5.22. The van der Waals surface area contributed by atoms with Crippen LogP contribution in [0.25, 0.3) is 0 Å². The topological polar surface area (TPSA) is 62.3 Å². The summed E-state index contributed by atoms with van der Waals surface area (Å²) in [6.45, 7) is 6.31. The molecule has 1 aliphatic rings. The van der Waals surface area contributed by atoms with Gasteiger partial charge in [0.1, 0.15) is 0 Å². The Bertz CT molecular complexity index is 482. The summed E-state index contributed by atoms with van der Waals surface area (Å²) in [5.74, 6) is -0.324. The first kappa shape index (κ1) is 13.5. The summed E-state index contributed by atoms with van der Waals surface area (Å²) in [6, 6.07) is 3.80. The average molecular weight is 261 g/mol. The lowest BCUT2D eigenvalue weighted by Crippen LogP contribution is -2.33. The van der Waals surface area contributed by atoms with E-state index in [4.69, 9.17) is 0 Å². The number of likely N-dealkylation sites (tertiary alicyclic amines) is 1. The van der Waals surface area contributed by atoms with Gasteiger partial charge in [0, 0.05) is 24.7 Å². The van der Waals surface area contributed by atoms with E-state index in [9.17, 15) is 9.59 Å². The highest BCUT2D eigenvalue weighted by Crippen LogP contribution is 2.21. The number of pyridine rings is 1. The molecule has 102 valence electrons. The van der Waals surface area contributed by atoms with Crippen LogP contribution in [0.15, 0.2) is 18.3 Å². The van der Waals surface area contributed by atoms with Gasteiger partial charge in [-0.3, -0.25) is 14.6 Å². The molecular weight excluding hydrogens is 242 g/mol. The highest BCUT2D eigenvalue weighted by molar-refractivity contribution is 5.97. The molecule has 5 nitrogen and oxygen atoms in total. The summed E-state index contributed by atoms with van der Waals surface area (Å²) in [5, 5.41) is 2.81. The van der Waals surface area contributed by atoms with Gasteiger partial charge in [-0.25, -0.2) is 0 Å². The monoisotopic (exact) mass is 261 g/mol. The fourth-order valence-corrected chi connectivity index (χ4v) is 2.19. The van der Waals surface area contributed by atoms with Crippen molar-refractivity contribution >= 4 is 17.5 Å². The SMILES string of the molecule is Cc1ccc(NC(=O)C2CC(=O)N(C(C)C)C2)cn1. The first-order valence-corrected chi connectivity index (χ1v) is 6.50. The number of hydrogen-bond donors (Lipinski definition) is 1. The van der Waals surface area contributed by atoms with Crippen molar-refractivity contribution in [2.45, 2.75) is 33.2 Å². The Labute approximate surface area is 113 Å². The fraction of sp³-hybridized carbons (Fsp3) is 0.500. The normalized spacial score (nSPS) is 19.1. The lowest BCUT2D eigenvalue weighted by molar-refractivity contribution is -0.129. The van der Waals surface area contributed by atoms with Crippen molar-refractivity contribution in [1.82, 2.24) is 9.88 Å². The third kappa shape index (κ3) is 3.10. The minimum atomic E-state index is -0.267. The van der Waals surface area contributed by atoms with E-state index in [1.165, 1.54) is 0 Å². The summed E-state index contributed by atoms with van der Waals surface area (Å²) in [4.78, 5) is 29.7. The van der Waals surface area contributed by atoms with Crippen LogP contribution in [-0.4, -0.2) is 34.3 Å². The van der Waals surface area contributed by atoms with E-state index < -0.39 is 0 Å². The van der Waals surface area contributed by atoms with Crippen LogP contribution in [0.4, 0.5) is 5.69 Å². The maximum atomic E-state index is 12.1. The van der Waals surface area contributed by atoms with Gasteiger partial charge < -0.3 is 10.2 Å². The van der Waals surface area contributed by atoms with Crippen molar-refractivity contribution in [2.24, 2.45) is 5.92 Å². The lowest BCUT2D eigenvalue weighted by atomic mass is 10.1. The van der Waals surface area contributed by atoms with Crippen molar-refractivity contribution in [3.8, 4) is 0 Å². The molecule has 0 aromatic carbocycles. The van der Waals surface area contributed by atoms with E-state index in [-0.39, 0.29) is 23.8 Å². The molecule has 1 saturated heterocycles. The number of hydrogen-bond acceptors (Lipinski definition) is 3. The molecule has 0 spiro atoms. The molecule has 1 aromatic heterocycles. The quantitative estimate of drug-likeness (QED) is 0.898. The summed E-state index contributed by atoms with van der Waals surface area (Å²) in [6.07, 6.45) is 1.92. The van der Waals surface area contributed by atoms with E-state index in [1.807, 2.05) is 32.9 Å². The van der Waals surface area contributed by atoms with Crippen LogP contribution in [0.1, 0.15) is 26.0 Å². The maximum Gasteiger partial charge on any atom is 0.229 e. The van der Waals surface area contributed by atoms with Gasteiger partial charge >= 0.3 is 0 Å². The summed E-state index contributed by atoms with van der Waals surface area (Å²) in [5.41, 5.74) is 1.58. The average Bonchev–Trinajstić information content (AvgIpc) is 2.74. The first-order chi connectivity index (χ1) is 8.97. The number of carbonyl (C=O) groups is 2. The Balaban J connectivity index is 1.98. The molecule has 2 rings (SSSR count). The molecule has 1 atom stereocenters. The van der Waals surface area contributed by atoms with Crippen molar-refractivity contribution in [3.63, 3.8) is 0 Å². The van der Waals surface area contributed by atoms with Crippen molar-refractivity contribution < 1.29 is 9.59 Å². The Morgan fingerprint density at radius 1 is 1.47 bits per heavy atom. The van der Waals surface area contributed by atoms with Gasteiger partial charge in [-0.15, -0.1) is 0 Å². The van der Waals surface area contributed by atoms with Crippen molar-refractivity contribution in [2.75, 3.05) is 11.9 Å². The van der Waals surface area contributed by atoms with Crippen molar-refractivity contribution in [1.29, 1.82) is 0 Å². The zero-order valence-electron chi connectivity index (χ0n) is 11.5. The predicted octanol–water partition coefficient (Wildman–Crippen LogP) is 1.59. The van der Waals surface area contributed by atoms with Crippen molar-refractivity contribution in [3.05, 3.63) is 24.0 Å².